The summed E-state index contributed by atoms with van der Waals surface area (Å²) in [5, 5.41) is 12.8. The molecule has 3 rings (SSSR count). The van der Waals surface area contributed by atoms with Crippen LogP contribution in [0.25, 0.3) is 6.08 Å². The molecule has 6 heteroatoms. The Kier molecular flexibility index (Phi) is 4.52. The molecule has 0 radical (unpaired) electrons. The first-order valence-electron chi connectivity index (χ1n) is 7.42. The van der Waals surface area contributed by atoms with E-state index < -0.39 is 4.92 Å². The van der Waals surface area contributed by atoms with Crippen molar-refractivity contribution in [3.05, 3.63) is 68.4 Å². The Hall–Kier alpha value is -2.47. The van der Waals surface area contributed by atoms with Gasteiger partial charge in [-0.05, 0) is 35.9 Å². The normalized spacial score (nSPS) is 17.7. The molecule has 1 aliphatic rings. The van der Waals surface area contributed by atoms with Crippen LogP contribution in [-0.2, 0) is 4.79 Å². The fraction of sp³-hybridized carbons (Fsp3) is 0.235. The highest BCUT2D eigenvalue weighted by atomic mass is 32.1. The number of carbonyl (C=O) groups is 1. The Morgan fingerprint density at radius 1 is 1.35 bits per heavy atom. The smallest absolute Gasteiger partial charge is 0.270 e. The maximum atomic E-state index is 12.5. The van der Waals surface area contributed by atoms with Gasteiger partial charge in [-0.15, -0.1) is 11.3 Å². The first-order valence-corrected chi connectivity index (χ1v) is 8.29. The molecule has 23 heavy (non-hydrogen) atoms. The van der Waals surface area contributed by atoms with Crippen LogP contribution in [0.4, 0.5) is 5.69 Å². The van der Waals surface area contributed by atoms with Gasteiger partial charge in [0.1, 0.15) is 0 Å². The highest BCUT2D eigenvalue weighted by Gasteiger charge is 2.29. The zero-order chi connectivity index (χ0) is 16.2. The third kappa shape index (κ3) is 3.48. The van der Waals surface area contributed by atoms with E-state index in [0.717, 1.165) is 19.4 Å². The molecule has 1 aliphatic heterocycles. The van der Waals surface area contributed by atoms with Gasteiger partial charge in [-0.2, -0.15) is 0 Å². The number of nitrogens with zero attached hydrogens (tertiary/aromatic N) is 2. The van der Waals surface area contributed by atoms with E-state index in [-0.39, 0.29) is 17.6 Å². The van der Waals surface area contributed by atoms with Crippen LogP contribution >= 0.6 is 11.3 Å². The first-order chi connectivity index (χ1) is 11.1. The van der Waals surface area contributed by atoms with E-state index in [1.807, 2.05) is 16.3 Å². The van der Waals surface area contributed by atoms with Crippen LogP contribution in [-0.4, -0.2) is 22.3 Å². The molecule has 1 fully saturated rings. The Balaban J connectivity index is 1.73. The van der Waals surface area contributed by atoms with Gasteiger partial charge in [-0.25, -0.2) is 0 Å². The van der Waals surface area contributed by atoms with Crippen LogP contribution < -0.4 is 0 Å². The van der Waals surface area contributed by atoms with Gasteiger partial charge in [0.15, 0.2) is 0 Å². The highest BCUT2D eigenvalue weighted by molar-refractivity contribution is 7.10. The van der Waals surface area contributed by atoms with E-state index in [9.17, 15) is 14.9 Å². The van der Waals surface area contributed by atoms with E-state index in [4.69, 9.17) is 0 Å². The van der Waals surface area contributed by atoms with Crippen molar-refractivity contribution in [2.75, 3.05) is 6.54 Å². The van der Waals surface area contributed by atoms with Gasteiger partial charge in [0, 0.05) is 29.6 Å². The molecule has 1 atom stereocenters. The predicted molar refractivity (Wildman–Crippen MR) is 90.1 cm³/mol. The van der Waals surface area contributed by atoms with Crippen molar-refractivity contribution >= 4 is 29.0 Å². The van der Waals surface area contributed by atoms with E-state index in [1.165, 1.54) is 23.1 Å². The average molecular weight is 328 g/mol. The molecule has 118 valence electrons. The maximum Gasteiger partial charge on any atom is 0.270 e. The third-order valence-corrected chi connectivity index (χ3v) is 4.88. The van der Waals surface area contributed by atoms with Gasteiger partial charge >= 0.3 is 0 Å². The molecule has 0 bridgehead atoms. The summed E-state index contributed by atoms with van der Waals surface area (Å²) in [5.74, 6) is -0.0487. The topological polar surface area (TPSA) is 63.4 Å². The van der Waals surface area contributed by atoms with Gasteiger partial charge in [0.05, 0.1) is 11.0 Å². The number of rotatable bonds is 4. The van der Waals surface area contributed by atoms with Gasteiger partial charge in [0.2, 0.25) is 5.91 Å². The number of nitro benzene ring substituents is 1. The largest absolute Gasteiger partial charge is 0.331 e. The van der Waals surface area contributed by atoms with E-state index in [1.54, 1.807) is 29.5 Å². The predicted octanol–water partition coefficient (Wildman–Crippen LogP) is 4.03. The molecule has 0 spiro atoms. The summed E-state index contributed by atoms with van der Waals surface area (Å²) in [6.45, 7) is 0.751. The molecular weight excluding hydrogens is 312 g/mol. The monoisotopic (exact) mass is 328 g/mol. The van der Waals surface area contributed by atoms with Gasteiger partial charge in [-0.1, -0.05) is 18.2 Å². The molecule has 1 unspecified atom stereocenters. The minimum Gasteiger partial charge on any atom is -0.331 e. The van der Waals surface area contributed by atoms with E-state index >= 15 is 0 Å². The second kappa shape index (κ2) is 6.75. The summed E-state index contributed by atoms with van der Waals surface area (Å²) in [5.41, 5.74) is 0.677. The highest BCUT2D eigenvalue weighted by Crippen LogP contribution is 2.34. The number of benzene rings is 1. The number of amides is 1. The van der Waals surface area contributed by atoms with Gasteiger partial charge in [-0.3, -0.25) is 14.9 Å². The van der Waals surface area contributed by atoms with Gasteiger partial charge < -0.3 is 4.90 Å². The second-order valence-corrected chi connectivity index (χ2v) is 6.37. The lowest BCUT2D eigenvalue weighted by Crippen LogP contribution is -2.28. The Morgan fingerprint density at radius 3 is 2.96 bits per heavy atom. The third-order valence-electron chi connectivity index (χ3n) is 3.91. The number of non-ortho nitro benzene ring substituents is 1. The molecule has 0 aliphatic carbocycles. The lowest BCUT2D eigenvalue weighted by Gasteiger charge is -2.22. The van der Waals surface area contributed by atoms with Crippen molar-refractivity contribution in [1.82, 2.24) is 4.90 Å². The fourth-order valence-corrected chi connectivity index (χ4v) is 3.69. The van der Waals surface area contributed by atoms with Crippen LogP contribution in [0.15, 0.2) is 47.9 Å². The Labute approximate surface area is 138 Å². The number of thiophene rings is 1. The van der Waals surface area contributed by atoms with Crippen molar-refractivity contribution in [3.8, 4) is 0 Å². The van der Waals surface area contributed by atoms with Gasteiger partial charge in [0.25, 0.3) is 5.69 Å². The number of hydrogen-bond acceptors (Lipinski definition) is 4. The molecule has 1 aromatic heterocycles. The molecule has 5 nitrogen and oxygen atoms in total. The summed E-state index contributed by atoms with van der Waals surface area (Å²) >= 11 is 1.67. The summed E-state index contributed by atoms with van der Waals surface area (Å²) in [4.78, 5) is 25.9. The summed E-state index contributed by atoms with van der Waals surface area (Å²) in [6, 6.07) is 10.5. The number of hydrogen-bond donors (Lipinski definition) is 0. The van der Waals surface area contributed by atoms with Crippen LogP contribution in [0.1, 0.15) is 29.3 Å². The molecule has 1 saturated heterocycles. The Morgan fingerprint density at radius 2 is 2.22 bits per heavy atom. The zero-order valence-corrected chi connectivity index (χ0v) is 13.2. The van der Waals surface area contributed by atoms with Crippen molar-refractivity contribution in [2.24, 2.45) is 0 Å². The minimum atomic E-state index is -0.438. The molecule has 2 heterocycles. The van der Waals surface area contributed by atoms with E-state index in [2.05, 4.69) is 6.07 Å². The van der Waals surface area contributed by atoms with Crippen LogP contribution in [0, 0.1) is 10.1 Å². The SMILES string of the molecule is O=C(/C=C/c1cccc([N+](=O)[O-])c1)N1CCCC1c1cccs1. The average Bonchev–Trinajstić information content (AvgIpc) is 3.23. The van der Waals surface area contributed by atoms with Crippen LogP contribution in [0.2, 0.25) is 0 Å². The summed E-state index contributed by atoms with van der Waals surface area (Å²) in [7, 11) is 0. The number of carbonyl (C=O) groups excluding carboxylic acids is 1. The second-order valence-electron chi connectivity index (χ2n) is 5.39. The molecule has 1 amide bonds. The number of likely N-dealkylation sites (tertiary alicyclic amines) is 1. The standard InChI is InChI=1S/C17H16N2O3S/c20-17(9-8-13-4-1-5-14(12-13)19(21)22)18-10-2-6-15(18)16-7-3-11-23-16/h1,3-5,7-9,11-12,15H,2,6,10H2/b9-8+. The molecule has 1 aromatic carbocycles. The lowest BCUT2D eigenvalue weighted by atomic mass is 10.1. The fourth-order valence-electron chi connectivity index (χ4n) is 2.81. The molecular formula is C17H16N2O3S. The minimum absolute atomic E-state index is 0.0252. The van der Waals surface area contributed by atoms with Crippen molar-refractivity contribution in [3.63, 3.8) is 0 Å². The molecule has 2 aromatic rings. The first kappa shape index (κ1) is 15.4. The van der Waals surface area contributed by atoms with Crippen LogP contribution in [0.5, 0.6) is 0 Å². The summed E-state index contributed by atoms with van der Waals surface area (Å²) < 4.78 is 0. The lowest BCUT2D eigenvalue weighted by molar-refractivity contribution is -0.384. The van der Waals surface area contributed by atoms with E-state index in [0.29, 0.717) is 5.56 Å². The molecule has 0 saturated carbocycles. The Bertz CT molecular complexity index is 740. The van der Waals surface area contributed by atoms with Crippen molar-refractivity contribution < 1.29 is 9.72 Å². The quantitative estimate of drug-likeness (QED) is 0.483. The maximum absolute atomic E-state index is 12.5. The van der Waals surface area contributed by atoms with Crippen LogP contribution in [0.3, 0.4) is 0 Å². The molecule has 0 N–H and O–H groups in total. The number of nitro groups is 1. The van der Waals surface area contributed by atoms with Crippen molar-refractivity contribution in [2.45, 2.75) is 18.9 Å². The summed E-state index contributed by atoms with van der Waals surface area (Å²) in [6.07, 6.45) is 5.12. The zero-order valence-electron chi connectivity index (χ0n) is 12.4. The van der Waals surface area contributed by atoms with Crippen molar-refractivity contribution in [1.29, 1.82) is 0 Å².